The van der Waals surface area contributed by atoms with E-state index in [1.807, 2.05) is 0 Å². The molecular formula is C13H13N5O4S. The van der Waals surface area contributed by atoms with Crippen LogP contribution in [0.4, 0.5) is 11.4 Å². The van der Waals surface area contributed by atoms with Crippen LogP contribution in [-0.4, -0.2) is 24.0 Å². The fraction of sp³-hybridized carbons (Fsp3) is 0.0769. The molecule has 2 rings (SSSR count). The maximum atomic E-state index is 11.3. The highest BCUT2D eigenvalue weighted by molar-refractivity contribution is 7.89. The number of pyridine rings is 1. The summed E-state index contributed by atoms with van der Waals surface area (Å²) in [5.41, 5.74) is 3.45. The molecule has 10 heteroatoms. The minimum absolute atomic E-state index is 0.0469. The van der Waals surface area contributed by atoms with Gasteiger partial charge in [-0.25, -0.2) is 13.6 Å². The number of benzene rings is 1. The van der Waals surface area contributed by atoms with Crippen molar-refractivity contribution in [2.45, 2.75) is 11.8 Å². The number of nitrogens with two attached hydrogens (primary N) is 1. The van der Waals surface area contributed by atoms with E-state index in [1.165, 1.54) is 12.1 Å². The van der Waals surface area contributed by atoms with Crippen molar-refractivity contribution in [1.82, 2.24) is 4.98 Å². The lowest BCUT2D eigenvalue weighted by Gasteiger charge is -2.06. The van der Waals surface area contributed by atoms with Gasteiger partial charge in [0.1, 0.15) is 5.69 Å². The lowest BCUT2D eigenvalue weighted by atomic mass is 10.2. The number of nitrogens with one attached hydrogen (secondary N) is 1. The number of nitro benzene ring substituents is 1. The highest BCUT2D eigenvalue weighted by Gasteiger charge is 2.18. The standard InChI is InChI=1S/C13H13N5O4S/c1-9(10-3-2-6-15-8-10)16-17-12-5-4-11(23(14,21)22)7-13(12)18(19)20/h2-8,17H,1H3,(H2,14,21,22)/b16-9-. The lowest BCUT2D eigenvalue weighted by molar-refractivity contribution is -0.384. The van der Waals surface area contributed by atoms with Gasteiger partial charge in [-0.1, -0.05) is 6.07 Å². The van der Waals surface area contributed by atoms with Gasteiger partial charge in [0.05, 0.1) is 15.5 Å². The molecule has 0 saturated heterocycles. The van der Waals surface area contributed by atoms with E-state index in [2.05, 4.69) is 15.5 Å². The van der Waals surface area contributed by atoms with Crippen LogP contribution in [0.15, 0.2) is 52.7 Å². The van der Waals surface area contributed by atoms with Gasteiger partial charge in [-0.3, -0.25) is 20.5 Å². The van der Waals surface area contributed by atoms with Crippen LogP contribution in [0.3, 0.4) is 0 Å². The van der Waals surface area contributed by atoms with Crippen molar-refractivity contribution in [3.63, 3.8) is 0 Å². The molecule has 0 spiro atoms. The lowest BCUT2D eigenvalue weighted by Crippen LogP contribution is -2.12. The zero-order valence-electron chi connectivity index (χ0n) is 12.0. The Morgan fingerprint density at radius 1 is 1.39 bits per heavy atom. The molecule has 0 aliphatic carbocycles. The number of aromatic nitrogens is 1. The predicted molar refractivity (Wildman–Crippen MR) is 84.5 cm³/mol. The first-order valence-electron chi connectivity index (χ1n) is 6.31. The van der Waals surface area contributed by atoms with Gasteiger partial charge in [-0.05, 0) is 25.1 Å². The van der Waals surface area contributed by atoms with E-state index in [-0.39, 0.29) is 10.6 Å². The van der Waals surface area contributed by atoms with Crippen molar-refractivity contribution < 1.29 is 13.3 Å². The first kappa shape index (κ1) is 16.5. The molecule has 0 radical (unpaired) electrons. The van der Waals surface area contributed by atoms with Crippen molar-refractivity contribution in [3.8, 4) is 0 Å². The summed E-state index contributed by atoms with van der Waals surface area (Å²) in [6, 6.07) is 6.80. The minimum atomic E-state index is -4.03. The van der Waals surface area contributed by atoms with Crippen LogP contribution in [0.5, 0.6) is 0 Å². The molecule has 0 atom stereocenters. The molecule has 1 aromatic heterocycles. The molecule has 23 heavy (non-hydrogen) atoms. The van der Waals surface area contributed by atoms with Crippen molar-refractivity contribution in [3.05, 3.63) is 58.4 Å². The average Bonchev–Trinajstić information content (AvgIpc) is 2.52. The van der Waals surface area contributed by atoms with Gasteiger partial charge in [0.2, 0.25) is 10.0 Å². The third-order valence-electron chi connectivity index (χ3n) is 2.92. The van der Waals surface area contributed by atoms with Gasteiger partial charge in [0.25, 0.3) is 5.69 Å². The first-order valence-corrected chi connectivity index (χ1v) is 7.85. The summed E-state index contributed by atoms with van der Waals surface area (Å²) in [6.45, 7) is 1.70. The molecule has 0 saturated carbocycles. The number of hydrogen-bond acceptors (Lipinski definition) is 7. The second kappa shape index (κ2) is 6.50. The number of hydrogen-bond donors (Lipinski definition) is 2. The zero-order valence-corrected chi connectivity index (χ0v) is 12.8. The normalized spacial score (nSPS) is 12.0. The number of nitro groups is 1. The molecule has 1 heterocycles. The Morgan fingerprint density at radius 3 is 2.70 bits per heavy atom. The molecule has 0 bridgehead atoms. The molecule has 1 aromatic carbocycles. The van der Waals surface area contributed by atoms with Gasteiger partial charge in [0.15, 0.2) is 0 Å². The third-order valence-corrected chi connectivity index (χ3v) is 3.83. The molecule has 120 valence electrons. The number of anilines is 1. The minimum Gasteiger partial charge on any atom is -0.271 e. The third kappa shape index (κ3) is 4.08. The summed E-state index contributed by atoms with van der Waals surface area (Å²) < 4.78 is 22.5. The van der Waals surface area contributed by atoms with E-state index < -0.39 is 20.6 Å². The number of sulfonamides is 1. The van der Waals surface area contributed by atoms with Crippen molar-refractivity contribution in [2.24, 2.45) is 10.2 Å². The summed E-state index contributed by atoms with van der Waals surface area (Å²) in [5.74, 6) is 0. The largest absolute Gasteiger partial charge is 0.295 e. The van der Waals surface area contributed by atoms with E-state index in [0.717, 1.165) is 11.6 Å². The van der Waals surface area contributed by atoms with E-state index >= 15 is 0 Å². The monoisotopic (exact) mass is 335 g/mol. The Kier molecular flexibility index (Phi) is 4.67. The quantitative estimate of drug-likeness (QED) is 0.481. The highest BCUT2D eigenvalue weighted by Crippen LogP contribution is 2.27. The Hall–Kier alpha value is -2.85. The van der Waals surface area contributed by atoms with Crippen molar-refractivity contribution in [2.75, 3.05) is 5.43 Å². The van der Waals surface area contributed by atoms with Gasteiger partial charge < -0.3 is 0 Å². The molecule has 3 N–H and O–H groups in total. The highest BCUT2D eigenvalue weighted by atomic mass is 32.2. The van der Waals surface area contributed by atoms with Crippen LogP contribution in [0.1, 0.15) is 12.5 Å². The van der Waals surface area contributed by atoms with Crippen molar-refractivity contribution >= 4 is 27.1 Å². The Balaban J connectivity index is 2.35. The fourth-order valence-electron chi connectivity index (χ4n) is 1.72. The zero-order chi connectivity index (χ0) is 17.0. The average molecular weight is 335 g/mol. The van der Waals surface area contributed by atoms with Gasteiger partial charge in [-0.2, -0.15) is 5.10 Å². The fourth-order valence-corrected chi connectivity index (χ4v) is 2.25. The predicted octanol–water partition coefficient (Wildman–Crippen LogP) is 1.47. The number of primary sulfonamides is 1. The Bertz CT molecular complexity index is 865. The van der Waals surface area contributed by atoms with E-state index in [0.29, 0.717) is 5.71 Å². The molecular weight excluding hydrogens is 322 g/mol. The summed E-state index contributed by atoms with van der Waals surface area (Å²) >= 11 is 0. The van der Waals surface area contributed by atoms with Crippen LogP contribution in [0, 0.1) is 10.1 Å². The Labute approximate surface area is 132 Å². The molecule has 0 aliphatic heterocycles. The summed E-state index contributed by atoms with van der Waals surface area (Å²) in [5, 5.41) is 20.1. The molecule has 0 unspecified atom stereocenters. The van der Waals surface area contributed by atoms with Crippen LogP contribution < -0.4 is 10.6 Å². The first-order chi connectivity index (χ1) is 10.8. The maximum Gasteiger partial charge on any atom is 0.295 e. The second-order valence-corrected chi connectivity index (χ2v) is 6.09. The molecule has 9 nitrogen and oxygen atoms in total. The number of hydrazone groups is 1. The van der Waals surface area contributed by atoms with Crippen LogP contribution in [-0.2, 0) is 10.0 Å². The topological polar surface area (TPSA) is 141 Å². The number of rotatable bonds is 5. The number of nitrogens with zero attached hydrogens (tertiary/aromatic N) is 3. The van der Waals surface area contributed by atoms with Crippen LogP contribution in [0.2, 0.25) is 0 Å². The summed E-state index contributed by atoms with van der Waals surface area (Å²) in [6.07, 6.45) is 3.21. The van der Waals surface area contributed by atoms with Crippen molar-refractivity contribution in [1.29, 1.82) is 0 Å². The van der Waals surface area contributed by atoms with Crippen LogP contribution >= 0.6 is 0 Å². The molecule has 0 amide bonds. The smallest absolute Gasteiger partial charge is 0.271 e. The van der Waals surface area contributed by atoms with Gasteiger partial charge in [-0.15, -0.1) is 0 Å². The summed E-state index contributed by atoms with van der Waals surface area (Å²) in [4.78, 5) is 14.0. The second-order valence-electron chi connectivity index (χ2n) is 4.53. The van der Waals surface area contributed by atoms with Gasteiger partial charge in [0, 0.05) is 24.0 Å². The summed E-state index contributed by atoms with van der Waals surface area (Å²) in [7, 11) is -4.03. The van der Waals surface area contributed by atoms with Crippen LogP contribution in [0.25, 0.3) is 0 Å². The van der Waals surface area contributed by atoms with E-state index in [4.69, 9.17) is 5.14 Å². The Morgan fingerprint density at radius 2 is 2.13 bits per heavy atom. The van der Waals surface area contributed by atoms with E-state index in [1.54, 1.807) is 31.5 Å². The van der Waals surface area contributed by atoms with Gasteiger partial charge >= 0.3 is 0 Å². The molecule has 0 fully saturated rings. The maximum absolute atomic E-state index is 11.3. The molecule has 0 aliphatic rings. The van der Waals surface area contributed by atoms with E-state index in [9.17, 15) is 18.5 Å². The SMILES string of the molecule is C/C(=N/Nc1ccc(S(N)(=O)=O)cc1[N+](=O)[O-])c1cccnc1. The molecule has 2 aromatic rings.